The molecule has 3 aromatic carbocycles. The summed E-state index contributed by atoms with van der Waals surface area (Å²) < 4.78 is 5.50. The fraction of sp³-hybridized carbons (Fsp3) is 0.259. The highest BCUT2D eigenvalue weighted by Gasteiger charge is 2.09. The summed E-state index contributed by atoms with van der Waals surface area (Å²) in [6.07, 6.45) is 4.62. The van der Waals surface area contributed by atoms with Gasteiger partial charge in [-0.15, -0.1) is 0 Å². The van der Waals surface area contributed by atoms with E-state index >= 15 is 0 Å². The van der Waals surface area contributed by atoms with Crippen LogP contribution in [0.3, 0.4) is 0 Å². The minimum absolute atomic E-state index is 0.188. The number of ketones is 1. The predicted octanol–water partition coefficient (Wildman–Crippen LogP) is 6.90. The van der Waals surface area contributed by atoms with E-state index in [1.54, 1.807) is 12.1 Å². The molecule has 0 aliphatic carbocycles. The van der Waals surface area contributed by atoms with E-state index in [0.717, 1.165) is 42.4 Å². The van der Waals surface area contributed by atoms with Crippen molar-refractivity contribution in [3.05, 3.63) is 89.5 Å². The lowest BCUT2D eigenvalue weighted by Gasteiger charge is -2.07. The molecule has 154 valence electrons. The van der Waals surface area contributed by atoms with Gasteiger partial charge in [0.25, 0.3) is 0 Å². The van der Waals surface area contributed by atoms with Crippen molar-refractivity contribution in [1.82, 2.24) is 0 Å². The number of benzene rings is 3. The number of esters is 1. The molecule has 30 heavy (non-hydrogen) atoms. The van der Waals surface area contributed by atoms with Crippen molar-refractivity contribution in [3.63, 3.8) is 0 Å². The molecule has 0 amide bonds. The average molecular weight is 401 g/mol. The normalized spacial score (nSPS) is 10.6. The molecule has 0 saturated carbocycles. The summed E-state index contributed by atoms with van der Waals surface area (Å²) in [6.45, 7) is 4.22. The number of hydrogen-bond donors (Lipinski definition) is 0. The molecule has 3 heteroatoms. The molecule has 0 fully saturated rings. The average Bonchev–Trinajstić information content (AvgIpc) is 2.79. The Hall–Kier alpha value is -3.20. The smallest absolute Gasteiger partial charge is 0.343 e. The van der Waals surface area contributed by atoms with Crippen LogP contribution in [0.25, 0.3) is 11.1 Å². The molecule has 0 aromatic heterocycles. The predicted molar refractivity (Wildman–Crippen MR) is 121 cm³/mol. The number of ether oxygens (including phenoxy) is 1. The van der Waals surface area contributed by atoms with E-state index in [2.05, 4.69) is 13.8 Å². The van der Waals surface area contributed by atoms with Gasteiger partial charge in [-0.25, -0.2) is 4.79 Å². The van der Waals surface area contributed by atoms with E-state index < -0.39 is 0 Å². The van der Waals surface area contributed by atoms with Gasteiger partial charge in [0.2, 0.25) is 0 Å². The van der Waals surface area contributed by atoms with Gasteiger partial charge in [-0.1, -0.05) is 75.2 Å². The van der Waals surface area contributed by atoms with Crippen LogP contribution < -0.4 is 4.74 Å². The van der Waals surface area contributed by atoms with Gasteiger partial charge in [-0.05, 0) is 53.8 Å². The van der Waals surface area contributed by atoms with Gasteiger partial charge in [0.15, 0.2) is 5.78 Å². The summed E-state index contributed by atoms with van der Waals surface area (Å²) in [5.41, 5.74) is 4.54. The first-order chi connectivity index (χ1) is 14.6. The second kappa shape index (κ2) is 10.5. The van der Waals surface area contributed by atoms with Gasteiger partial charge in [-0.2, -0.15) is 0 Å². The number of aryl methyl sites for hydroxylation is 1. The Morgan fingerprint density at radius 3 is 1.83 bits per heavy atom. The molecule has 0 radical (unpaired) electrons. The highest BCUT2D eigenvalue weighted by Crippen LogP contribution is 2.24. The molecule has 0 heterocycles. The van der Waals surface area contributed by atoms with E-state index in [1.807, 2.05) is 60.7 Å². The van der Waals surface area contributed by atoms with E-state index in [0.29, 0.717) is 17.7 Å². The largest absolute Gasteiger partial charge is 0.423 e. The number of carbonyl (C=O) groups excluding carboxylic acids is 2. The van der Waals surface area contributed by atoms with Crippen LogP contribution in [-0.2, 0) is 6.42 Å². The van der Waals surface area contributed by atoms with Gasteiger partial charge >= 0.3 is 5.97 Å². The SMILES string of the molecule is CCCCC(=O)c1ccc(-c2ccc(OC(=O)c3ccc(CCC)cc3)cc2)cc1. The van der Waals surface area contributed by atoms with E-state index in [4.69, 9.17) is 4.74 Å². The van der Waals surface area contributed by atoms with Gasteiger partial charge in [-0.3, -0.25) is 4.79 Å². The number of Topliss-reactive ketones (excluding diaryl/α,β-unsaturated/α-hetero) is 1. The van der Waals surface area contributed by atoms with Crippen LogP contribution in [0.5, 0.6) is 5.75 Å². The second-order valence-corrected chi connectivity index (χ2v) is 7.46. The zero-order chi connectivity index (χ0) is 21.3. The molecule has 3 aromatic rings. The van der Waals surface area contributed by atoms with Crippen LogP contribution in [0.1, 0.15) is 65.8 Å². The third-order valence-corrected chi connectivity index (χ3v) is 5.09. The van der Waals surface area contributed by atoms with E-state index in [1.165, 1.54) is 5.56 Å². The zero-order valence-corrected chi connectivity index (χ0v) is 17.7. The Morgan fingerprint density at radius 1 is 0.700 bits per heavy atom. The molecule has 3 nitrogen and oxygen atoms in total. The van der Waals surface area contributed by atoms with Crippen molar-refractivity contribution in [2.75, 3.05) is 0 Å². The van der Waals surface area contributed by atoms with Crippen LogP contribution in [0, 0.1) is 0 Å². The Balaban J connectivity index is 1.63. The molecule has 0 aliphatic rings. The fourth-order valence-electron chi connectivity index (χ4n) is 3.31. The summed E-state index contributed by atoms with van der Waals surface area (Å²) in [5.74, 6) is 0.335. The summed E-state index contributed by atoms with van der Waals surface area (Å²) >= 11 is 0. The Labute approximate surface area is 178 Å². The maximum atomic E-state index is 12.4. The first-order valence-corrected chi connectivity index (χ1v) is 10.7. The summed E-state index contributed by atoms with van der Waals surface area (Å²) in [6, 6.07) is 22.7. The van der Waals surface area contributed by atoms with Crippen LogP contribution >= 0.6 is 0 Å². The summed E-state index contributed by atoms with van der Waals surface area (Å²) in [4.78, 5) is 24.5. The minimum Gasteiger partial charge on any atom is -0.423 e. The third-order valence-electron chi connectivity index (χ3n) is 5.09. The molecule has 0 saturated heterocycles. The van der Waals surface area contributed by atoms with Crippen LogP contribution in [-0.4, -0.2) is 11.8 Å². The number of hydrogen-bond acceptors (Lipinski definition) is 3. The van der Waals surface area contributed by atoms with E-state index in [-0.39, 0.29) is 11.8 Å². The lowest BCUT2D eigenvalue weighted by Crippen LogP contribution is -2.08. The lowest BCUT2D eigenvalue weighted by atomic mass is 10.0. The molecule has 0 N–H and O–H groups in total. The standard InChI is InChI=1S/C27H28O3/c1-3-5-7-26(28)23-14-12-21(13-15-23)22-16-18-25(19-17-22)30-27(29)24-10-8-20(6-4-2)9-11-24/h8-19H,3-7H2,1-2H3. The van der Waals surface area contributed by atoms with Crippen molar-refractivity contribution in [3.8, 4) is 16.9 Å². The van der Waals surface area contributed by atoms with Crippen molar-refractivity contribution in [2.24, 2.45) is 0 Å². The third kappa shape index (κ3) is 5.66. The van der Waals surface area contributed by atoms with Crippen molar-refractivity contribution >= 4 is 11.8 Å². The Kier molecular flexibility index (Phi) is 7.56. The highest BCUT2D eigenvalue weighted by atomic mass is 16.5. The highest BCUT2D eigenvalue weighted by molar-refractivity contribution is 5.96. The summed E-state index contributed by atoms with van der Waals surface area (Å²) in [7, 11) is 0. The van der Waals surface area contributed by atoms with Gasteiger partial charge < -0.3 is 4.74 Å². The summed E-state index contributed by atoms with van der Waals surface area (Å²) in [5, 5.41) is 0. The van der Waals surface area contributed by atoms with Gasteiger partial charge in [0.05, 0.1) is 5.56 Å². The molecule has 0 bridgehead atoms. The first-order valence-electron chi connectivity index (χ1n) is 10.7. The number of carbonyl (C=O) groups is 2. The number of unbranched alkanes of at least 4 members (excludes halogenated alkanes) is 1. The quantitative estimate of drug-likeness (QED) is 0.223. The maximum absolute atomic E-state index is 12.4. The van der Waals surface area contributed by atoms with Gasteiger partial charge in [0.1, 0.15) is 5.75 Å². The molecule has 3 rings (SSSR count). The zero-order valence-electron chi connectivity index (χ0n) is 17.7. The molecule has 0 aliphatic heterocycles. The Bertz CT molecular complexity index is 968. The second-order valence-electron chi connectivity index (χ2n) is 7.46. The molecule has 0 atom stereocenters. The van der Waals surface area contributed by atoms with Crippen molar-refractivity contribution in [2.45, 2.75) is 46.0 Å². The molecule has 0 unspecified atom stereocenters. The Morgan fingerprint density at radius 2 is 1.27 bits per heavy atom. The monoisotopic (exact) mass is 400 g/mol. The lowest BCUT2D eigenvalue weighted by molar-refractivity contribution is 0.0734. The molecular weight excluding hydrogens is 372 g/mol. The molecule has 0 spiro atoms. The van der Waals surface area contributed by atoms with Crippen LogP contribution in [0.2, 0.25) is 0 Å². The first kappa shape index (κ1) is 21.5. The van der Waals surface area contributed by atoms with Gasteiger partial charge in [0, 0.05) is 12.0 Å². The fourth-order valence-corrected chi connectivity index (χ4v) is 3.31. The van der Waals surface area contributed by atoms with E-state index in [9.17, 15) is 9.59 Å². The maximum Gasteiger partial charge on any atom is 0.343 e. The van der Waals surface area contributed by atoms with Crippen molar-refractivity contribution < 1.29 is 14.3 Å². The minimum atomic E-state index is -0.360. The van der Waals surface area contributed by atoms with Crippen molar-refractivity contribution in [1.29, 1.82) is 0 Å². The molecular formula is C27H28O3. The number of rotatable bonds is 9. The van der Waals surface area contributed by atoms with Crippen LogP contribution in [0.4, 0.5) is 0 Å². The van der Waals surface area contributed by atoms with Crippen LogP contribution in [0.15, 0.2) is 72.8 Å². The topological polar surface area (TPSA) is 43.4 Å².